The maximum absolute atomic E-state index is 11.0. The Morgan fingerprint density at radius 1 is 0.833 bits per heavy atom. The number of carboxylic acid groups (broad SMARTS) is 2. The highest BCUT2D eigenvalue weighted by molar-refractivity contribution is 5.93. The number of esters is 2. The average Bonchev–Trinajstić information content (AvgIpc) is 2.72. The molecule has 0 amide bonds. The highest BCUT2D eigenvalue weighted by atomic mass is 16.5. The molecule has 0 aromatic heterocycles. The van der Waals surface area contributed by atoms with Gasteiger partial charge in [0.2, 0.25) is 0 Å². The smallest absolute Gasteiger partial charge is 0.337 e. The van der Waals surface area contributed by atoms with Gasteiger partial charge >= 0.3 is 23.9 Å². The highest BCUT2D eigenvalue weighted by Gasteiger charge is 2.26. The number of rotatable bonds is 8. The summed E-state index contributed by atoms with van der Waals surface area (Å²) in [7, 11) is 2.60. The lowest BCUT2D eigenvalue weighted by Crippen LogP contribution is -2.23. The van der Waals surface area contributed by atoms with Gasteiger partial charge in [0.15, 0.2) is 0 Å². The van der Waals surface area contributed by atoms with Crippen molar-refractivity contribution in [3.05, 3.63) is 35.4 Å². The molecule has 0 atom stereocenters. The van der Waals surface area contributed by atoms with Crippen LogP contribution in [0.3, 0.4) is 0 Å². The minimum Gasteiger partial charge on any atom is -0.481 e. The maximum atomic E-state index is 11.0. The van der Waals surface area contributed by atoms with Gasteiger partial charge in [0.1, 0.15) is 0 Å². The standard InChI is InChI=1S/C10H10O4.C8H14O4.C2H6O2/c1-13-9(11)7-3-5-8(6-4-7)10(12)14-2;1-8(2,7(11)12)5-3-4-6(9)10;3-1-2-4/h3-6H,1-2H3;3-5H2,1-2H3,(H,9,10)(H,11,12);3-4H,1-2H2. The first-order chi connectivity index (χ1) is 14.0. The van der Waals surface area contributed by atoms with Crippen LogP contribution in [0.2, 0.25) is 0 Å². The van der Waals surface area contributed by atoms with Crippen LogP contribution in [0, 0.1) is 5.41 Å². The summed E-state index contributed by atoms with van der Waals surface area (Å²) in [6.07, 6.45) is 0.847. The minimum atomic E-state index is -0.882. The normalized spacial score (nSPS) is 9.80. The first-order valence-corrected chi connectivity index (χ1v) is 8.90. The average molecular weight is 430 g/mol. The van der Waals surface area contributed by atoms with Crippen LogP contribution < -0.4 is 0 Å². The van der Waals surface area contributed by atoms with Gasteiger partial charge in [-0.05, 0) is 51.0 Å². The van der Waals surface area contributed by atoms with Gasteiger partial charge in [-0.3, -0.25) is 9.59 Å². The Labute approximate surface area is 175 Å². The number of aliphatic hydroxyl groups is 2. The Hall–Kier alpha value is -2.98. The summed E-state index contributed by atoms with van der Waals surface area (Å²) in [6.45, 7) is 2.94. The van der Waals surface area contributed by atoms with E-state index in [0.29, 0.717) is 24.0 Å². The van der Waals surface area contributed by atoms with Crippen LogP contribution >= 0.6 is 0 Å². The van der Waals surface area contributed by atoms with Gasteiger partial charge in [-0.1, -0.05) is 0 Å². The monoisotopic (exact) mass is 430 g/mol. The number of methoxy groups -OCH3 is 2. The van der Waals surface area contributed by atoms with Crippen molar-refractivity contribution in [1.29, 1.82) is 0 Å². The van der Waals surface area contributed by atoms with Crippen molar-refractivity contribution in [3.63, 3.8) is 0 Å². The second-order valence-corrected chi connectivity index (χ2v) is 6.44. The van der Waals surface area contributed by atoms with E-state index in [9.17, 15) is 19.2 Å². The zero-order chi connectivity index (χ0) is 23.7. The van der Waals surface area contributed by atoms with Crippen LogP contribution in [0.5, 0.6) is 0 Å². The number of ether oxygens (including phenoxy) is 2. The van der Waals surface area contributed by atoms with E-state index in [1.54, 1.807) is 13.8 Å². The zero-order valence-electron chi connectivity index (χ0n) is 17.6. The summed E-state index contributed by atoms with van der Waals surface area (Å²) in [6, 6.07) is 6.05. The topological polar surface area (TPSA) is 168 Å². The number of hydrogen-bond donors (Lipinski definition) is 4. The van der Waals surface area contributed by atoms with Crippen molar-refractivity contribution in [3.8, 4) is 0 Å². The van der Waals surface area contributed by atoms with E-state index in [1.165, 1.54) is 38.5 Å². The number of carbonyl (C=O) groups excluding carboxylic acids is 2. The molecule has 4 N–H and O–H groups in total. The zero-order valence-corrected chi connectivity index (χ0v) is 17.6. The molecule has 0 aliphatic heterocycles. The number of benzene rings is 1. The van der Waals surface area contributed by atoms with E-state index in [1.807, 2.05) is 0 Å². The third kappa shape index (κ3) is 13.2. The Kier molecular flexibility index (Phi) is 15.5. The van der Waals surface area contributed by atoms with Crippen molar-refractivity contribution < 1.29 is 49.1 Å². The van der Waals surface area contributed by atoms with Gasteiger partial charge in [0, 0.05) is 6.42 Å². The van der Waals surface area contributed by atoms with Crippen molar-refractivity contribution >= 4 is 23.9 Å². The largest absolute Gasteiger partial charge is 0.481 e. The molecular formula is C20H30O10. The van der Waals surface area contributed by atoms with E-state index in [4.69, 9.17) is 20.4 Å². The van der Waals surface area contributed by atoms with Crippen molar-refractivity contribution in [2.45, 2.75) is 33.1 Å². The predicted octanol–water partition coefficient (Wildman–Crippen LogP) is 1.58. The fourth-order valence-electron chi connectivity index (χ4n) is 1.77. The fourth-order valence-corrected chi connectivity index (χ4v) is 1.77. The fraction of sp³-hybridized carbons (Fsp3) is 0.500. The molecule has 30 heavy (non-hydrogen) atoms. The van der Waals surface area contributed by atoms with Crippen LogP contribution in [0.1, 0.15) is 53.8 Å². The molecule has 0 unspecified atom stereocenters. The number of carbonyl (C=O) groups is 4. The van der Waals surface area contributed by atoms with Gasteiger partial charge in [-0.15, -0.1) is 0 Å². The lowest BCUT2D eigenvalue weighted by Gasteiger charge is -2.17. The number of hydrogen-bond acceptors (Lipinski definition) is 8. The third-order valence-corrected chi connectivity index (χ3v) is 3.60. The SMILES string of the molecule is CC(C)(CCCC(=O)O)C(=O)O.COC(=O)c1ccc(C(=O)OC)cc1.OCCO. The van der Waals surface area contributed by atoms with E-state index in [0.717, 1.165) is 0 Å². The number of aliphatic hydroxyl groups excluding tert-OH is 2. The second-order valence-electron chi connectivity index (χ2n) is 6.44. The van der Waals surface area contributed by atoms with Gasteiger partial charge in [-0.25, -0.2) is 9.59 Å². The van der Waals surface area contributed by atoms with Crippen molar-refractivity contribution in [2.24, 2.45) is 5.41 Å². The molecule has 0 saturated heterocycles. The third-order valence-electron chi connectivity index (χ3n) is 3.60. The maximum Gasteiger partial charge on any atom is 0.337 e. The molecule has 1 aromatic rings. The lowest BCUT2D eigenvalue weighted by molar-refractivity contribution is -0.148. The molecule has 1 aromatic carbocycles. The van der Waals surface area contributed by atoms with Gasteiger partial charge in [0.25, 0.3) is 0 Å². The molecular weight excluding hydrogens is 400 g/mol. The van der Waals surface area contributed by atoms with Crippen molar-refractivity contribution in [2.75, 3.05) is 27.4 Å². The molecule has 170 valence electrons. The van der Waals surface area contributed by atoms with Gasteiger partial charge < -0.3 is 29.9 Å². The van der Waals surface area contributed by atoms with Crippen LogP contribution in [-0.2, 0) is 19.1 Å². The van der Waals surface area contributed by atoms with Crippen LogP contribution in [0.25, 0.3) is 0 Å². The Bertz CT molecular complexity index is 628. The highest BCUT2D eigenvalue weighted by Crippen LogP contribution is 2.23. The lowest BCUT2D eigenvalue weighted by atomic mass is 9.87. The summed E-state index contributed by atoms with van der Waals surface area (Å²) in [5.74, 6) is -2.62. The van der Waals surface area contributed by atoms with Gasteiger partial charge in [-0.2, -0.15) is 0 Å². The second kappa shape index (κ2) is 15.9. The molecule has 0 aliphatic rings. The van der Waals surface area contributed by atoms with Crippen LogP contribution in [0.4, 0.5) is 0 Å². The van der Waals surface area contributed by atoms with Gasteiger partial charge in [0.05, 0.1) is 44.0 Å². The van der Waals surface area contributed by atoms with E-state index in [2.05, 4.69) is 9.47 Å². The minimum absolute atomic E-state index is 0.0384. The van der Waals surface area contributed by atoms with E-state index < -0.39 is 29.3 Å². The number of aliphatic carboxylic acids is 2. The molecule has 0 spiro atoms. The molecule has 0 fully saturated rings. The molecule has 0 aliphatic carbocycles. The van der Waals surface area contributed by atoms with Crippen LogP contribution in [-0.4, -0.2) is 71.7 Å². The summed E-state index contributed by atoms with van der Waals surface area (Å²) in [5.41, 5.74) is -0.00423. The molecule has 10 heteroatoms. The molecule has 0 heterocycles. The molecule has 10 nitrogen and oxygen atoms in total. The molecule has 0 radical (unpaired) electrons. The Morgan fingerprint density at radius 3 is 1.43 bits per heavy atom. The van der Waals surface area contributed by atoms with E-state index >= 15 is 0 Å². The first kappa shape index (κ1) is 29.2. The molecule has 0 saturated carbocycles. The Balaban J connectivity index is 0. The summed E-state index contributed by atoms with van der Waals surface area (Å²) >= 11 is 0. The van der Waals surface area contributed by atoms with Crippen molar-refractivity contribution in [1.82, 2.24) is 0 Å². The molecule has 1 rings (SSSR count). The molecule has 0 bridgehead atoms. The summed E-state index contributed by atoms with van der Waals surface area (Å²) < 4.78 is 9.02. The predicted molar refractivity (Wildman–Crippen MR) is 106 cm³/mol. The first-order valence-electron chi connectivity index (χ1n) is 8.90. The quantitative estimate of drug-likeness (QED) is 0.444. The van der Waals surface area contributed by atoms with Crippen LogP contribution in [0.15, 0.2) is 24.3 Å². The van der Waals surface area contributed by atoms with E-state index in [-0.39, 0.29) is 19.6 Å². The summed E-state index contributed by atoms with van der Waals surface area (Å²) in [4.78, 5) is 42.7. The summed E-state index contributed by atoms with van der Waals surface area (Å²) in [5, 5.41) is 32.2. The Morgan fingerprint density at radius 2 is 1.20 bits per heavy atom. The number of carboxylic acids is 2.